The summed E-state index contributed by atoms with van der Waals surface area (Å²) >= 11 is 3.31. The smallest absolute Gasteiger partial charge is 0.343 e. The molecule has 2 amide bonds. The summed E-state index contributed by atoms with van der Waals surface area (Å²) in [5.41, 5.74) is 3.73. The van der Waals surface area contributed by atoms with Gasteiger partial charge in [-0.2, -0.15) is 5.10 Å². The highest BCUT2D eigenvalue weighted by Crippen LogP contribution is 2.15. The summed E-state index contributed by atoms with van der Waals surface area (Å²) in [5.74, 6) is -1.82. The quantitative estimate of drug-likeness (QED) is 0.197. The monoisotopic (exact) mass is 465 g/mol. The second-order valence-corrected chi connectivity index (χ2v) is 6.90. The van der Waals surface area contributed by atoms with Gasteiger partial charge in [0.2, 0.25) is 0 Å². The maximum absolute atomic E-state index is 12.1. The normalized spacial score (nSPS) is 10.4. The lowest BCUT2D eigenvalue weighted by atomic mass is 10.2. The number of anilines is 1. The lowest BCUT2D eigenvalue weighted by Crippen LogP contribution is -2.32. The number of ether oxygens (including phenoxy) is 1. The van der Waals surface area contributed by atoms with Gasteiger partial charge >= 0.3 is 17.8 Å². The summed E-state index contributed by atoms with van der Waals surface area (Å²) in [4.78, 5) is 35.7. The third kappa shape index (κ3) is 6.11. The summed E-state index contributed by atoms with van der Waals surface area (Å²) in [6.07, 6.45) is 1.37. The number of hydrogen-bond acceptors (Lipinski definition) is 5. The van der Waals surface area contributed by atoms with Crippen LogP contribution in [0.4, 0.5) is 5.69 Å². The van der Waals surface area contributed by atoms with E-state index in [0.717, 1.165) is 4.47 Å². The zero-order valence-corrected chi connectivity index (χ0v) is 17.1. The number of hydrazone groups is 1. The highest BCUT2D eigenvalue weighted by molar-refractivity contribution is 9.10. The lowest BCUT2D eigenvalue weighted by molar-refractivity contribution is -0.136. The van der Waals surface area contributed by atoms with Gasteiger partial charge in [0.15, 0.2) is 0 Å². The van der Waals surface area contributed by atoms with Crippen molar-refractivity contribution in [2.45, 2.75) is 0 Å². The fourth-order valence-corrected chi connectivity index (χ4v) is 2.56. The number of nitrogens with one attached hydrogen (secondary N) is 2. The molecule has 150 valence electrons. The zero-order valence-electron chi connectivity index (χ0n) is 15.5. The molecule has 3 aromatic rings. The topological polar surface area (TPSA) is 96.9 Å². The average Bonchev–Trinajstić information content (AvgIpc) is 2.76. The number of hydrogen-bond donors (Lipinski definition) is 2. The van der Waals surface area contributed by atoms with Gasteiger partial charge in [0.1, 0.15) is 5.75 Å². The van der Waals surface area contributed by atoms with Gasteiger partial charge in [-0.25, -0.2) is 10.2 Å². The van der Waals surface area contributed by atoms with Crippen molar-refractivity contribution < 1.29 is 19.1 Å². The first-order valence-electron chi connectivity index (χ1n) is 8.78. The SMILES string of the molecule is O=C(N/N=C\c1ccc(OC(=O)c2ccc(Br)cc2)cc1)C(=O)Nc1ccccc1. The molecule has 0 fully saturated rings. The molecule has 0 aromatic heterocycles. The molecule has 0 aliphatic carbocycles. The lowest BCUT2D eigenvalue weighted by Gasteiger charge is -2.05. The predicted molar refractivity (Wildman–Crippen MR) is 116 cm³/mol. The van der Waals surface area contributed by atoms with E-state index in [1.165, 1.54) is 6.21 Å². The van der Waals surface area contributed by atoms with Crippen LogP contribution in [0.2, 0.25) is 0 Å². The second kappa shape index (κ2) is 10.1. The van der Waals surface area contributed by atoms with Crippen LogP contribution in [0.3, 0.4) is 0 Å². The van der Waals surface area contributed by atoms with Crippen LogP contribution in [0.5, 0.6) is 5.75 Å². The summed E-state index contributed by atoms with van der Waals surface area (Å²) in [6.45, 7) is 0. The zero-order chi connectivity index (χ0) is 21.3. The van der Waals surface area contributed by atoms with Crippen LogP contribution in [0.1, 0.15) is 15.9 Å². The van der Waals surface area contributed by atoms with E-state index < -0.39 is 17.8 Å². The molecular formula is C22H16BrN3O4. The molecule has 7 nitrogen and oxygen atoms in total. The minimum absolute atomic E-state index is 0.367. The van der Waals surface area contributed by atoms with Crippen molar-refractivity contribution in [3.8, 4) is 5.75 Å². The van der Waals surface area contributed by atoms with Gasteiger partial charge in [0.05, 0.1) is 11.8 Å². The average molecular weight is 466 g/mol. The molecule has 0 unspecified atom stereocenters. The number of halogens is 1. The molecule has 0 saturated carbocycles. The van der Waals surface area contributed by atoms with Gasteiger partial charge in [-0.05, 0) is 66.2 Å². The van der Waals surface area contributed by atoms with Gasteiger partial charge in [0.25, 0.3) is 0 Å². The van der Waals surface area contributed by atoms with Crippen LogP contribution in [0, 0.1) is 0 Å². The Balaban J connectivity index is 1.50. The van der Waals surface area contributed by atoms with Crippen molar-refractivity contribution >= 4 is 45.6 Å². The first kappa shape index (κ1) is 20.9. The van der Waals surface area contributed by atoms with Crippen molar-refractivity contribution in [3.05, 3.63) is 94.5 Å². The van der Waals surface area contributed by atoms with Crippen molar-refractivity contribution in [3.63, 3.8) is 0 Å². The maximum Gasteiger partial charge on any atom is 0.343 e. The molecule has 0 spiro atoms. The van der Waals surface area contributed by atoms with Gasteiger partial charge in [-0.1, -0.05) is 34.1 Å². The minimum atomic E-state index is -0.893. The third-order valence-corrected chi connectivity index (χ3v) is 4.32. The van der Waals surface area contributed by atoms with Crippen molar-refractivity contribution in [2.75, 3.05) is 5.32 Å². The fraction of sp³-hybridized carbons (Fsp3) is 0. The van der Waals surface area contributed by atoms with Crippen molar-refractivity contribution in [1.82, 2.24) is 5.43 Å². The maximum atomic E-state index is 12.1. The van der Waals surface area contributed by atoms with E-state index in [-0.39, 0.29) is 0 Å². The molecule has 0 aliphatic rings. The molecule has 0 radical (unpaired) electrons. The van der Waals surface area contributed by atoms with Crippen LogP contribution in [0.25, 0.3) is 0 Å². The van der Waals surface area contributed by atoms with Crippen LogP contribution in [-0.4, -0.2) is 24.0 Å². The van der Waals surface area contributed by atoms with E-state index >= 15 is 0 Å². The molecule has 30 heavy (non-hydrogen) atoms. The van der Waals surface area contributed by atoms with Gasteiger partial charge in [-0.15, -0.1) is 0 Å². The molecular weight excluding hydrogens is 450 g/mol. The Bertz CT molecular complexity index is 1070. The summed E-state index contributed by atoms with van der Waals surface area (Å²) in [7, 11) is 0. The molecule has 3 aromatic carbocycles. The predicted octanol–water partition coefficient (Wildman–Crippen LogP) is 3.76. The highest BCUT2D eigenvalue weighted by Gasteiger charge is 2.12. The molecule has 2 N–H and O–H groups in total. The number of carbonyl (C=O) groups excluding carboxylic acids is 3. The van der Waals surface area contributed by atoms with E-state index in [2.05, 4.69) is 31.8 Å². The Kier molecular flexibility index (Phi) is 7.07. The Hall–Kier alpha value is -3.78. The van der Waals surface area contributed by atoms with Crippen LogP contribution >= 0.6 is 15.9 Å². The third-order valence-electron chi connectivity index (χ3n) is 3.79. The Labute approximate surface area is 180 Å². The van der Waals surface area contributed by atoms with Gasteiger partial charge in [-0.3, -0.25) is 9.59 Å². The summed E-state index contributed by atoms with van der Waals surface area (Å²) in [6, 6.07) is 21.9. The van der Waals surface area contributed by atoms with E-state index in [9.17, 15) is 14.4 Å². The minimum Gasteiger partial charge on any atom is -0.423 e. The highest BCUT2D eigenvalue weighted by atomic mass is 79.9. The van der Waals surface area contributed by atoms with E-state index in [0.29, 0.717) is 22.6 Å². The Morgan fingerprint density at radius 1 is 0.833 bits per heavy atom. The number of benzene rings is 3. The number of para-hydroxylation sites is 1. The first-order chi connectivity index (χ1) is 14.5. The van der Waals surface area contributed by atoms with Gasteiger partial charge < -0.3 is 10.1 Å². The standard InChI is InChI=1S/C22H16BrN3O4/c23-17-10-8-16(9-11-17)22(29)30-19-12-6-15(7-13-19)14-24-26-21(28)20(27)25-18-4-2-1-3-5-18/h1-14H,(H,25,27)(H,26,28)/b24-14-. The number of esters is 1. The van der Waals surface area contributed by atoms with E-state index in [1.807, 2.05) is 0 Å². The fourth-order valence-electron chi connectivity index (χ4n) is 2.30. The second-order valence-electron chi connectivity index (χ2n) is 5.98. The molecule has 0 bridgehead atoms. The number of nitrogens with zero attached hydrogens (tertiary/aromatic N) is 1. The molecule has 0 heterocycles. The molecule has 3 rings (SSSR count). The van der Waals surface area contributed by atoms with Crippen LogP contribution < -0.4 is 15.5 Å². The Morgan fingerprint density at radius 2 is 1.50 bits per heavy atom. The number of rotatable bonds is 5. The van der Waals surface area contributed by atoms with Crippen LogP contribution in [-0.2, 0) is 9.59 Å². The van der Waals surface area contributed by atoms with Crippen molar-refractivity contribution in [1.29, 1.82) is 0 Å². The number of carbonyl (C=O) groups is 3. The summed E-state index contributed by atoms with van der Waals surface area (Å²) < 4.78 is 6.17. The van der Waals surface area contributed by atoms with Gasteiger partial charge in [0, 0.05) is 10.2 Å². The molecule has 0 atom stereocenters. The van der Waals surface area contributed by atoms with E-state index in [1.54, 1.807) is 78.9 Å². The number of amides is 2. The first-order valence-corrected chi connectivity index (χ1v) is 9.58. The summed E-state index contributed by atoms with van der Waals surface area (Å²) in [5, 5.41) is 6.21. The van der Waals surface area contributed by atoms with Crippen LogP contribution in [0.15, 0.2) is 88.4 Å². The molecule has 0 aliphatic heterocycles. The largest absolute Gasteiger partial charge is 0.423 e. The van der Waals surface area contributed by atoms with E-state index in [4.69, 9.17) is 4.74 Å². The van der Waals surface area contributed by atoms with Crippen molar-refractivity contribution in [2.24, 2.45) is 5.10 Å². The Morgan fingerprint density at radius 3 is 2.17 bits per heavy atom. The molecule has 0 saturated heterocycles. The molecule has 8 heteroatoms.